The number of aliphatic hydroxyl groups excluding tert-OH is 1. The molecule has 0 aliphatic carbocycles. The van der Waals surface area contributed by atoms with Crippen LogP contribution in [0.2, 0.25) is 0 Å². The highest BCUT2D eigenvalue weighted by Gasteiger charge is 2.19. The molecule has 4 heteroatoms. The standard InChI is InChI=1S/C14H21N3O/c1-4-14-16-12-7-11(15)5-6-13(12)17(14)10(3)9(2)8-18/h5-7,9-10,18H,4,8,15H2,1-3H3. The topological polar surface area (TPSA) is 64.1 Å². The summed E-state index contributed by atoms with van der Waals surface area (Å²) in [5.41, 5.74) is 8.56. The number of aliphatic hydroxyl groups is 1. The molecule has 1 aromatic carbocycles. The van der Waals surface area contributed by atoms with Gasteiger partial charge in [0.15, 0.2) is 0 Å². The Kier molecular flexibility index (Phi) is 3.57. The van der Waals surface area contributed by atoms with Gasteiger partial charge in [-0.1, -0.05) is 13.8 Å². The maximum atomic E-state index is 9.33. The molecule has 2 aromatic rings. The highest BCUT2D eigenvalue weighted by atomic mass is 16.3. The van der Waals surface area contributed by atoms with Gasteiger partial charge in [-0.25, -0.2) is 4.98 Å². The molecule has 0 aliphatic heterocycles. The first-order valence-corrected chi connectivity index (χ1v) is 6.45. The molecule has 2 atom stereocenters. The van der Waals surface area contributed by atoms with Crippen molar-refractivity contribution in [3.63, 3.8) is 0 Å². The maximum absolute atomic E-state index is 9.33. The van der Waals surface area contributed by atoms with Gasteiger partial charge in [0.25, 0.3) is 0 Å². The van der Waals surface area contributed by atoms with Crippen molar-refractivity contribution in [1.29, 1.82) is 0 Å². The molecule has 0 saturated heterocycles. The average molecular weight is 247 g/mol. The molecule has 1 heterocycles. The summed E-state index contributed by atoms with van der Waals surface area (Å²) in [5.74, 6) is 1.24. The van der Waals surface area contributed by atoms with Crippen LogP contribution in [0.15, 0.2) is 18.2 Å². The Balaban J connectivity index is 2.60. The lowest BCUT2D eigenvalue weighted by Crippen LogP contribution is -2.19. The van der Waals surface area contributed by atoms with Crippen LogP contribution in [0.3, 0.4) is 0 Å². The molecule has 4 nitrogen and oxygen atoms in total. The van der Waals surface area contributed by atoms with Gasteiger partial charge in [0.1, 0.15) is 5.82 Å². The smallest absolute Gasteiger partial charge is 0.109 e. The zero-order chi connectivity index (χ0) is 13.3. The molecule has 0 radical (unpaired) electrons. The first-order chi connectivity index (χ1) is 8.58. The third-order valence-corrected chi connectivity index (χ3v) is 3.62. The van der Waals surface area contributed by atoms with E-state index in [1.54, 1.807) is 0 Å². The summed E-state index contributed by atoms with van der Waals surface area (Å²) in [6, 6.07) is 6.04. The lowest BCUT2D eigenvalue weighted by Gasteiger charge is -2.22. The van der Waals surface area contributed by atoms with Crippen LogP contribution in [0.4, 0.5) is 5.69 Å². The highest BCUT2D eigenvalue weighted by molar-refractivity contribution is 5.79. The van der Waals surface area contributed by atoms with Crippen LogP contribution in [0.5, 0.6) is 0 Å². The fourth-order valence-corrected chi connectivity index (χ4v) is 2.28. The van der Waals surface area contributed by atoms with E-state index in [0.717, 1.165) is 29.0 Å². The molecule has 98 valence electrons. The van der Waals surface area contributed by atoms with Crippen molar-refractivity contribution in [3.8, 4) is 0 Å². The summed E-state index contributed by atoms with van der Waals surface area (Å²) in [6.07, 6.45) is 0.872. The van der Waals surface area contributed by atoms with Crippen molar-refractivity contribution in [2.24, 2.45) is 5.92 Å². The number of aryl methyl sites for hydroxylation is 1. The number of hydrogen-bond acceptors (Lipinski definition) is 3. The third kappa shape index (κ3) is 2.08. The number of aromatic nitrogens is 2. The Bertz CT molecular complexity index is 547. The fourth-order valence-electron chi connectivity index (χ4n) is 2.28. The molecule has 0 saturated carbocycles. The molecule has 0 aliphatic rings. The Labute approximate surface area is 107 Å². The van der Waals surface area contributed by atoms with Crippen molar-refractivity contribution in [3.05, 3.63) is 24.0 Å². The second-order valence-electron chi connectivity index (χ2n) is 4.90. The summed E-state index contributed by atoms with van der Waals surface area (Å²) in [6.45, 7) is 6.45. The molecule has 3 N–H and O–H groups in total. The van der Waals surface area contributed by atoms with Gasteiger partial charge in [0.05, 0.1) is 11.0 Å². The van der Waals surface area contributed by atoms with Crippen LogP contribution < -0.4 is 5.73 Å². The van der Waals surface area contributed by atoms with Gasteiger partial charge < -0.3 is 15.4 Å². The van der Waals surface area contributed by atoms with E-state index in [1.807, 2.05) is 25.1 Å². The molecule has 0 amide bonds. The van der Waals surface area contributed by atoms with Crippen molar-refractivity contribution in [1.82, 2.24) is 9.55 Å². The van der Waals surface area contributed by atoms with Crippen molar-refractivity contribution >= 4 is 16.7 Å². The van der Waals surface area contributed by atoms with Crippen LogP contribution >= 0.6 is 0 Å². The minimum absolute atomic E-state index is 0.180. The van der Waals surface area contributed by atoms with Crippen LogP contribution in [-0.2, 0) is 6.42 Å². The van der Waals surface area contributed by atoms with Gasteiger partial charge in [0.2, 0.25) is 0 Å². The number of rotatable bonds is 4. The van der Waals surface area contributed by atoms with Crippen LogP contribution in [0.25, 0.3) is 11.0 Å². The van der Waals surface area contributed by atoms with E-state index in [-0.39, 0.29) is 18.6 Å². The Morgan fingerprint density at radius 3 is 2.72 bits per heavy atom. The van der Waals surface area contributed by atoms with Gasteiger partial charge in [-0.3, -0.25) is 0 Å². The maximum Gasteiger partial charge on any atom is 0.109 e. The Hall–Kier alpha value is -1.55. The molecule has 2 rings (SSSR count). The van der Waals surface area contributed by atoms with Gasteiger partial charge in [0, 0.05) is 24.8 Å². The highest BCUT2D eigenvalue weighted by Crippen LogP contribution is 2.27. The summed E-state index contributed by atoms with van der Waals surface area (Å²) < 4.78 is 2.22. The number of hydrogen-bond donors (Lipinski definition) is 2. The SMILES string of the molecule is CCc1nc2cc(N)ccc2n1C(C)C(C)CO. The van der Waals surface area contributed by atoms with E-state index in [2.05, 4.69) is 23.4 Å². The number of anilines is 1. The van der Waals surface area contributed by atoms with E-state index < -0.39 is 0 Å². The van der Waals surface area contributed by atoms with E-state index in [1.165, 1.54) is 0 Å². The number of imidazole rings is 1. The summed E-state index contributed by atoms with van der Waals surface area (Å²) in [5, 5.41) is 9.33. The van der Waals surface area contributed by atoms with Crippen molar-refractivity contribution < 1.29 is 5.11 Å². The van der Waals surface area contributed by atoms with E-state index in [0.29, 0.717) is 0 Å². The predicted molar refractivity (Wildman–Crippen MR) is 74.5 cm³/mol. The molecule has 0 bridgehead atoms. The molecular weight excluding hydrogens is 226 g/mol. The van der Waals surface area contributed by atoms with Crippen LogP contribution in [0, 0.1) is 5.92 Å². The first kappa shape index (κ1) is 12.9. The normalized spacial score (nSPS) is 14.9. The largest absolute Gasteiger partial charge is 0.399 e. The second kappa shape index (κ2) is 4.98. The third-order valence-electron chi connectivity index (χ3n) is 3.62. The van der Waals surface area contributed by atoms with Gasteiger partial charge in [-0.2, -0.15) is 0 Å². The molecule has 1 aromatic heterocycles. The number of fused-ring (bicyclic) bond motifs is 1. The summed E-state index contributed by atoms with van der Waals surface area (Å²) in [4.78, 5) is 4.63. The lowest BCUT2D eigenvalue weighted by atomic mass is 10.0. The monoisotopic (exact) mass is 247 g/mol. The Morgan fingerprint density at radius 1 is 1.39 bits per heavy atom. The Morgan fingerprint density at radius 2 is 2.11 bits per heavy atom. The van der Waals surface area contributed by atoms with Gasteiger partial charge in [-0.05, 0) is 31.0 Å². The molecule has 18 heavy (non-hydrogen) atoms. The lowest BCUT2D eigenvalue weighted by molar-refractivity contribution is 0.198. The van der Waals surface area contributed by atoms with Crippen molar-refractivity contribution in [2.45, 2.75) is 33.2 Å². The van der Waals surface area contributed by atoms with Gasteiger partial charge >= 0.3 is 0 Å². The molecule has 0 spiro atoms. The second-order valence-corrected chi connectivity index (χ2v) is 4.90. The van der Waals surface area contributed by atoms with E-state index >= 15 is 0 Å². The minimum Gasteiger partial charge on any atom is -0.399 e. The molecule has 2 unspecified atom stereocenters. The first-order valence-electron chi connectivity index (χ1n) is 6.45. The number of benzene rings is 1. The van der Waals surface area contributed by atoms with Crippen molar-refractivity contribution in [2.75, 3.05) is 12.3 Å². The van der Waals surface area contributed by atoms with Crippen LogP contribution in [-0.4, -0.2) is 21.3 Å². The van der Waals surface area contributed by atoms with Crippen LogP contribution in [0.1, 0.15) is 32.6 Å². The molecule has 0 fully saturated rings. The zero-order valence-electron chi connectivity index (χ0n) is 11.2. The summed E-state index contributed by atoms with van der Waals surface area (Å²) in [7, 11) is 0. The van der Waals surface area contributed by atoms with E-state index in [4.69, 9.17) is 5.73 Å². The predicted octanol–water partition coefficient (Wildman–Crippen LogP) is 2.37. The number of nitrogens with two attached hydrogens (primary N) is 1. The quantitative estimate of drug-likeness (QED) is 0.815. The number of nitrogens with zero attached hydrogens (tertiary/aromatic N) is 2. The average Bonchev–Trinajstić information content (AvgIpc) is 2.74. The van der Waals surface area contributed by atoms with E-state index in [9.17, 15) is 5.11 Å². The minimum atomic E-state index is 0.180. The fraction of sp³-hybridized carbons (Fsp3) is 0.500. The molecular formula is C14H21N3O. The zero-order valence-corrected chi connectivity index (χ0v) is 11.2. The summed E-state index contributed by atoms with van der Waals surface area (Å²) >= 11 is 0. The van der Waals surface area contributed by atoms with Gasteiger partial charge in [-0.15, -0.1) is 0 Å². The number of nitrogen functional groups attached to an aromatic ring is 1.